The number of carbonyl (C=O) groups is 1. The quantitative estimate of drug-likeness (QED) is 0.541. The Morgan fingerprint density at radius 3 is 2.63 bits per heavy atom. The van der Waals surface area contributed by atoms with Gasteiger partial charge in [-0.3, -0.25) is 4.90 Å². The first kappa shape index (κ1) is 20.7. The summed E-state index contributed by atoms with van der Waals surface area (Å²) in [6.45, 7) is 3.80. The van der Waals surface area contributed by atoms with Crippen molar-refractivity contribution in [3.63, 3.8) is 0 Å². The van der Waals surface area contributed by atoms with E-state index in [1.54, 1.807) is 19.2 Å². The van der Waals surface area contributed by atoms with Crippen LogP contribution in [0.5, 0.6) is 11.6 Å². The van der Waals surface area contributed by atoms with Gasteiger partial charge in [0.25, 0.3) is 0 Å². The van der Waals surface area contributed by atoms with Crippen molar-refractivity contribution in [3.05, 3.63) is 52.0 Å². The van der Waals surface area contributed by atoms with Crippen molar-refractivity contribution in [1.29, 1.82) is 0 Å². The normalized spacial score (nSPS) is 14.8. The van der Waals surface area contributed by atoms with Gasteiger partial charge >= 0.3 is 6.16 Å². The summed E-state index contributed by atoms with van der Waals surface area (Å²) in [7, 11) is 1.66. The van der Waals surface area contributed by atoms with Crippen LogP contribution >= 0.6 is 23.2 Å². The van der Waals surface area contributed by atoms with Gasteiger partial charge in [-0.25, -0.2) is 4.79 Å². The molecule has 7 nitrogen and oxygen atoms in total. The maximum Gasteiger partial charge on any atom is 0.512 e. The molecule has 30 heavy (non-hydrogen) atoms. The predicted octanol–water partition coefficient (Wildman–Crippen LogP) is 4.86. The van der Waals surface area contributed by atoms with Crippen molar-refractivity contribution in [1.82, 2.24) is 9.88 Å². The van der Waals surface area contributed by atoms with E-state index in [2.05, 4.69) is 20.9 Å². The highest BCUT2D eigenvalue weighted by Crippen LogP contribution is 2.37. The number of hydrogen-bond acceptors (Lipinski definition) is 5. The molecule has 1 saturated heterocycles. The fraction of sp³-hybridized carbons (Fsp3) is 0.286. The zero-order valence-electron chi connectivity index (χ0n) is 16.3. The van der Waals surface area contributed by atoms with Crippen LogP contribution in [0.15, 0.2) is 36.4 Å². The molecule has 0 unspecified atom stereocenters. The molecule has 0 saturated carbocycles. The van der Waals surface area contributed by atoms with Crippen LogP contribution in [0.1, 0.15) is 5.56 Å². The zero-order valence-corrected chi connectivity index (χ0v) is 17.8. The maximum atomic E-state index is 11.2. The lowest BCUT2D eigenvalue weighted by Gasteiger charge is -2.36. The number of methoxy groups -OCH3 is 1. The van der Waals surface area contributed by atoms with E-state index >= 15 is 0 Å². The first-order chi connectivity index (χ1) is 14.4. The summed E-state index contributed by atoms with van der Waals surface area (Å²) in [6, 6.07) is 11.4. The number of H-pyrrole nitrogens is 1. The van der Waals surface area contributed by atoms with E-state index in [-0.39, 0.29) is 5.88 Å². The smallest absolute Gasteiger partial charge is 0.497 e. The lowest BCUT2D eigenvalue weighted by molar-refractivity contribution is 0.141. The third kappa shape index (κ3) is 4.28. The van der Waals surface area contributed by atoms with Crippen LogP contribution in [0.4, 0.5) is 10.5 Å². The van der Waals surface area contributed by atoms with Gasteiger partial charge in [-0.15, -0.1) is 0 Å². The van der Waals surface area contributed by atoms with Gasteiger partial charge in [0, 0.05) is 60.4 Å². The summed E-state index contributed by atoms with van der Waals surface area (Å²) in [6.07, 6.45) is -1.38. The molecule has 3 aromatic rings. The molecule has 2 N–H and O–H groups in total. The molecule has 1 fully saturated rings. The second-order valence-electron chi connectivity index (χ2n) is 7.08. The maximum absolute atomic E-state index is 11.2. The van der Waals surface area contributed by atoms with Gasteiger partial charge < -0.3 is 24.5 Å². The van der Waals surface area contributed by atoms with Crippen LogP contribution in [0.2, 0.25) is 10.0 Å². The Morgan fingerprint density at radius 1 is 1.17 bits per heavy atom. The number of carboxylic acid groups (broad SMARTS) is 1. The van der Waals surface area contributed by atoms with Crippen molar-refractivity contribution in [3.8, 4) is 11.6 Å². The van der Waals surface area contributed by atoms with E-state index in [0.717, 1.165) is 43.0 Å². The fourth-order valence-electron chi connectivity index (χ4n) is 3.81. The predicted molar refractivity (Wildman–Crippen MR) is 117 cm³/mol. The number of aromatic amines is 1. The van der Waals surface area contributed by atoms with E-state index in [9.17, 15) is 4.79 Å². The third-order valence-corrected chi connectivity index (χ3v) is 5.76. The van der Waals surface area contributed by atoms with Crippen LogP contribution in [0, 0.1) is 0 Å². The van der Waals surface area contributed by atoms with Gasteiger partial charge in [-0.05, 0) is 24.3 Å². The second kappa shape index (κ2) is 8.63. The molecule has 2 aromatic carbocycles. The van der Waals surface area contributed by atoms with Gasteiger partial charge in [0.15, 0.2) is 0 Å². The molecule has 0 spiro atoms. The summed E-state index contributed by atoms with van der Waals surface area (Å²) in [5.74, 6) is 1.01. The number of piperazine rings is 1. The highest BCUT2D eigenvalue weighted by molar-refractivity contribution is 6.38. The number of nitrogens with one attached hydrogen (secondary N) is 1. The van der Waals surface area contributed by atoms with Crippen molar-refractivity contribution < 1.29 is 19.4 Å². The highest BCUT2D eigenvalue weighted by Gasteiger charge is 2.23. The minimum atomic E-state index is -1.38. The largest absolute Gasteiger partial charge is 0.512 e. The van der Waals surface area contributed by atoms with Crippen molar-refractivity contribution in [2.75, 3.05) is 38.2 Å². The molecule has 0 radical (unpaired) electrons. The molecular formula is C21H21Cl2N3O4. The van der Waals surface area contributed by atoms with Gasteiger partial charge in [-0.1, -0.05) is 29.3 Å². The van der Waals surface area contributed by atoms with E-state index in [1.165, 1.54) is 0 Å². The van der Waals surface area contributed by atoms with Gasteiger partial charge in [0.1, 0.15) is 5.75 Å². The number of hydrogen-bond donors (Lipinski definition) is 2. The third-order valence-electron chi connectivity index (χ3n) is 5.24. The first-order valence-electron chi connectivity index (χ1n) is 9.46. The summed E-state index contributed by atoms with van der Waals surface area (Å²) in [4.78, 5) is 18.7. The fourth-order valence-corrected chi connectivity index (χ4v) is 4.42. The number of benzene rings is 2. The van der Waals surface area contributed by atoms with Crippen molar-refractivity contribution in [2.24, 2.45) is 0 Å². The molecule has 2 heterocycles. The number of nitrogens with zero attached hydrogens (tertiary/aromatic N) is 2. The average molecular weight is 450 g/mol. The summed E-state index contributed by atoms with van der Waals surface area (Å²) < 4.78 is 10.3. The van der Waals surface area contributed by atoms with Gasteiger partial charge in [0.2, 0.25) is 5.88 Å². The number of ether oxygens (including phenoxy) is 2. The number of rotatable bonds is 5. The number of aromatic nitrogens is 1. The topological polar surface area (TPSA) is 78.0 Å². The monoisotopic (exact) mass is 449 g/mol. The zero-order chi connectivity index (χ0) is 21.3. The van der Waals surface area contributed by atoms with E-state index in [4.69, 9.17) is 37.8 Å². The molecule has 1 aromatic heterocycles. The van der Waals surface area contributed by atoms with Gasteiger partial charge in [0.05, 0.1) is 17.6 Å². The van der Waals surface area contributed by atoms with Crippen LogP contribution in [0.3, 0.4) is 0 Å². The average Bonchev–Trinajstić information content (AvgIpc) is 3.04. The molecule has 158 valence electrons. The molecule has 0 atom stereocenters. The Bertz CT molecular complexity index is 1080. The number of halogens is 2. The number of anilines is 1. The lowest BCUT2D eigenvalue weighted by atomic mass is 10.1. The van der Waals surface area contributed by atoms with Crippen LogP contribution < -0.4 is 14.4 Å². The van der Waals surface area contributed by atoms with Crippen LogP contribution in [0.25, 0.3) is 10.9 Å². The van der Waals surface area contributed by atoms with Crippen LogP contribution in [-0.2, 0) is 6.54 Å². The Kier molecular flexibility index (Phi) is 5.94. The van der Waals surface area contributed by atoms with Crippen molar-refractivity contribution >= 4 is 45.9 Å². The molecule has 1 aliphatic rings. The summed E-state index contributed by atoms with van der Waals surface area (Å²) in [5.41, 5.74) is 2.48. The molecule has 0 amide bonds. The van der Waals surface area contributed by atoms with Gasteiger partial charge in [-0.2, -0.15) is 0 Å². The van der Waals surface area contributed by atoms with E-state index < -0.39 is 6.16 Å². The molecule has 1 aliphatic heterocycles. The Hall–Kier alpha value is -2.61. The van der Waals surface area contributed by atoms with Crippen LogP contribution in [-0.4, -0.2) is 54.4 Å². The Morgan fingerprint density at radius 2 is 1.93 bits per heavy atom. The summed E-state index contributed by atoms with van der Waals surface area (Å²) >= 11 is 12.5. The Labute approximate surface area is 183 Å². The lowest BCUT2D eigenvalue weighted by Crippen LogP contribution is -2.46. The van der Waals surface area contributed by atoms with E-state index in [1.807, 2.05) is 18.2 Å². The highest BCUT2D eigenvalue weighted by atomic mass is 35.5. The SMILES string of the molecule is COc1cccc(N2CCN(Cc3c(OC(=O)O)[nH]c4cc(Cl)cc(Cl)c34)CC2)c1. The first-order valence-corrected chi connectivity index (χ1v) is 10.2. The summed E-state index contributed by atoms with van der Waals surface area (Å²) in [5, 5.41) is 10.8. The van der Waals surface area contributed by atoms with E-state index in [0.29, 0.717) is 27.7 Å². The Balaban J connectivity index is 1.54. The second-order valence-corrected chi connectivity index (χ2v) is 7.92. The standard InChI is InChI=1S/C21H21Cl2N3O4/c1-29-15-4-2-3-14(11-15)26-7-5-25(6-8-26)12-16-19-17(23)9-13(22)10-18(19)24-20(16)30-21(27)28/h2-4,9-11,24H,5-8,12H2,1H3,(H,27,28). The molecular weight excluding hydrogens is 429 g/mol. The molecule has 0 aliphatic carbocycles. The van der Waals surface area contributed by atoms with Crippen molar-refractivity contribution in [2.45, 2.75) is 6.54 Å². The molecule has 4 rings (SSSR count). The molecule has 9 heteroatoms. The minimum absolute atomic E-state index is 0.178. The minimum Gasteiger partial charge on any atom is -0.497 e. The number of fused-ring (bicyclic) bond motifs is 1. The molecule has 0 bridgehead atoms.